The Labute approximate surface area is 123 Å². The number of nitrogens with one attached hydrogen (secondary N) is 1. The van der Waals surface area contributed by atoms with Crippen molar-refractivity contribution < 1.29 is 4.74 Å². The van der Waals surface area contributed by atoms with Crippen molar-refractivity contribution >= 4 is 23.0 Å². The Kier molecular flexibility index (Phi) is 4.57. The summed E-state index contributed by atoms with van der Waals surface area (Å²) in [7, 11) is 1.61. The Morgan fingerprint density at radius 3 is 2.70 bits per heavy atom. The first kappa shape index (κ1) is 14.7. The monoisotopic (exact) mass is 292 g/mol. The zero-order chi connectivity index (χ0) is 14.7. The number of hydrogen-bond acceptors (Lipinski definition) is 6. The van der Waals surface area contributed by atoms with Crippen molar-refractivity contribution in [2.75, 3.05) is 18.2 Å². The fourth-order valence-electron chi connectivity index (χ4n) is 2.17. The quantitative estimate of drug-likeness (QED) is 0.886. The molecule has 0 saturated carbocycles. The van der Waals surface area contributed by atoms with E-state index in [0.29, 0.717) is 18.2 Å². The maximum Gasteiger partial charge on any atom is 0.158 e. The van der Waals surface area contributed by atoms with Crippen LogP contribution in [0, 0.1) is 13.8 Å². The normalized spacial score (nSPS) is 12.4. The van der Waals surface area contributed by atoms with Gasteiger partial charge in [0.05, 0.1) is 6.04 Å². The van der Waals surface area contributed by atoms with Crippen LogP contribution in [0.3, 0.4) is 0 Å². The smallest absolute Gasteiger partial charge is 0.158 e. The van der Waals surface area contributed by atoms with Gasteiger partial charge in [-0.3, -0.25) is 0 Å². The predicted molar refractivity (Wildman–Crippen MR) is 83.0 cm³/mol. The molecule has 2 heterocycles. The molecule has 0 amide bonds. The molecule has 0 aliphatic carbocycles. The molecule has 3 N–H and O–H groups in total. The molecule has 0 aliphatic rings. The Bertz CT molecular complexity index is 597. The number of anilines is 2. The van der Waals surface area contributed by atoms with Gasteiger partial charge < -0.3 is 15.8 Å². The summed E-state index contributed by atoms with van der Waals surface area (Å²) < 4.78 is 5.04. The van der Waals surface area contributed by atoms with Gasteiger partial charge in [0.25, 0.3) is 0 Å². The Hall–Kier alpha value is -1.66. The lowest BCUT2D eigenvalue weighted by Crippen LogP contribution is -2.11. The van der Waals surface area contributed by atoms with Gasteiger partial charge >= 0.3 is 0 Å². The molecule has 0 aromatic carbocycles. The molecule has 0 fully saturated rings. The predicted octanol–water partition coefficient (Wildman–Crippen LogP) is 3.06. The number of nitrogens with zero attached hydrogens (tertiary/aromatic N) is 2. The van der Waals surface area contributed by atoms with E-state index in [4.69, 9.17) is 10.5 Å². The molecule has 5 nitrogen and oxygen atoms in total. The van der Waals surface area contributed by atoms with Gasteiger partial charge in [0.15, 0.2) is 5.82 Å². The molecule has 1 unspecified atom stereocenters. The molecular formula is C14H20N4OS. The summed E-state index contributed by atoms with van der Waals surface area (Å²) in [5, 5.41) is 3.37. The fraction of sp³-hybridized carbons (Fsp3) is 0.429. The summed E-state index contributed by atoms with van der Waals surface area (Å²) in [6, 6.07) is 4.12. The molecule has 108 valence electrons. The van der Waals surface area contributed by atoms with Gasteiger partial charge in [0.2, 0.25) is 0 Å². The SMILES string of the molecule is COCc1nc(N)cc(NC(C)c2cc(C)sc2C)n1. The van der Waals surface area contributed by atoms with Crippen LogP contribution in [-0.2, 0) is 11.3 Å². The van der Waals surface area contributed by atoms with E-state index in [1.807, 2.05) is 0 Å². The number of rotatable bonds is 5. The summed E-state index contributed by atoms with van der Waals surface area (Å²) in [4.78, 5) is 11.2. The lowest BCUT2D eigenvalue weighted by atomic mass is 10.1. The Morgan fingerprint density at radius 1 is 1.35 bits per heavy atom. The van der Waals surface area contributed by atoms with Crippen LogP contribution < -0.4 is 11.1 Å². The van der Waals surface area contributed by atoms with Gasteiger partial charge in [-0.05, 0) is 32.4 Å². The minimum atomic E-state index is 0.171. The summed E-state index contributed by atoms with van der Waals surface area (Å²) in [5.74, 6) is 1.75. The van der Waals surface area contributed by atoms with E-state index in [1.54, 1.807) is 24.5 Å². The van der Waals surface area contributed by atoms with Crippen molar-refractivity contribution in [1.29, 1.82) is 0 Å². The molecule has 0 bridgehead atoms. The van der Waals surface area contributed by atoms with Crippen LogP contribution in [0.2, 0.25) is 0 Å². The van der Waals surface area contributed by atoms with Crippen molar-refractivity contribution in [3.05, 3.63) is 33.3 Å². The van der Waals surface area contributed by atoms with Crippen molar-refractivity contribution in [3.63, 3.8) is 0 Å². The van der Waals surface area contributed by atoms with Gasteiger partial charge in [0, 0.05) is 22.9 Å². The highest BCUT2D eigenvalue weighted by atomic mass is 32.1. The zero-order valence-electron chi connectivity index (χ0n) is 12.2. The molecule has 0 aliphatic heterocycles. The molecule has 2 aromatic heterocycles. The Balaban J connectivity index is 2.18. The third-order valence-electron chi connectivity index (χ3n) is 2.98. The first-order valence-corrected chi connectivity index (χ1v) is 7.27. The summed E-state index contributed by atoms with van der Waals surface area (Å²) in [5.41, 5.74) is 7.08. The third kappa shape index (κ3) is 3.46. The van der Waals surface area contributed by atoms with E-state index in [1.165, 1.54) is 15.3 Å². The average molecular weight is 292 g/mol. The molecule has 2 aromatic rings. The maximum absolute atomic E-state index is 5.79. The highest BCUT2D eigenvalue weighted by Gasteiger charge is 2.12. The molecule has 6 heteroatoms. The number of thiophene rings is 1. The van der Waals surface area contributed by atoms with Gasteiger partial charge in [0.1, 0.15) is 18.2 Å². The van der Waals surface area contributed by atoms with Crippen molar-refractivity contribution in [1.82, 2.24) is 9.97 Å². The second kappa shape index (κ2) is 6.19. The lowest BCUT2D eigenvalue weighted by molar-refractivity contribution is 0.178. The highest BCUT2D eigenvalue weighted by Crippen LogP contribution is 2.28. The largest absolute Gasteiger partial charge is 0.384 e. The van der Waals surface area contributed by atoms with Crippen LogP contribution in [0.25, 0.3) is 0 Å². The zero-order valence-corrected chi connectivity index (χ0v) is 13.0. The van der Waals surface area contributed by atoms with Crippen molar-refractivity contribution in [2.45, 2.75) is 33.4 Å². The van der Waals surface area contributed by atoms with Gasteiger partial charge in [-0.2, -0.15) is 0 Å². The van der Waals surface area contributed by atoms with Gasteiger partial charge in [-0.15, -0.1) is 11.3 Å². The molecule has 0 saturated heterocycles. The number of methoxy groups -OCH3 is 1. The van der Waals surface area contributed by atoms with Gasteiger partial charge in [-0.1, -0.05) is 0 Å². The molecular weight excluding hydrogens is 272 g/mol. The van der Waals surface area contributed by atoms with Crippen molar-refractivity contribution in [2.24, 2.45) is 0 Å². The third-order valence-corrected chi connectivity index (χ3v) is 3.96. The molecule has 2 rings (SSSR count). The Morgan fingerprint density at radius 2 is 2.10 bits per heavy atom. The standard InChI is InChI=1S/C14H20N4OS/c1-8-5-11(10(3)20-8)9(2)16-13-6-12(15)17-14(18-13)7-19-4/h5-6,9H,7H2,1-4H3,(H3,15,16,17,18). The second-order valence-corrected chi connectivity index (χ2v) is 6.22. The van der Waals surface area contributed by atoms with Crippen LogP contribution in [0.1, 0.15) is 34.1 Å². The topological polar surface area (TPSA) is 73.1 Å². The molecule has 0 radical (unpaired) electrons. The second-order valence-electron chi connectivity index (χ2n) is 4.76. The highest BCUT2D eigenvalue weighted by molar-refractivity contribution is 7.12. The molecule has 1 atom stereocenters. The van der Waals surface area contributed by atoms with Crippen LogP contribution in [0.4, 0.5) is 11.6 Å². The first-order valence-electron chi connectivity index (χ1n) is 6.45. The van der Waals surface area contributed by atoms with Crippen LogP contribution in [0.5, 0.6) is 0 Å². The first-order chi connectivity index (χ1) is 9.49. The molecule has 20 heavy (non-hydrogen) atoms. The number of aryl methyl sites for hydroxylation is 2. The van der Waals surface area contributed by atoms with Crippen LogP contribution in [-0.4, -0.2) is 17.1 Å². The van der Waals surface area contributed by atoms with E-state index in [9.17, 15) is 0 Å². The van der Waals surface area contributed by atoms with E-state index in [2.05, 4.69) is 42.1 Å². The maximum atomic E-state index is 5.79. The number of nitrogens with two attached hydrogens (primary N) is 1. The van der Waals surface area contributed by atoms with E-state index in [-0.39, 0.29) is 6.04 Å². The minimum absolute atomic E-state index is 0.171. The van der Waals surface area contributed by atoms with E-state index >= 15 is 0 Å². The number of hydrogen-bond donors (Lipinski definition) is 2. The minimum Gasteiger partial charge on any atom is -0.384 e. The summed E-state index contributed by atoms with van der Waals surface area (Å²) in [6.45, 7) is 6.72. The van der Waals surface area contributed by atoms with Crippen molar-refractivity contribution in [3.8, 4) is 0 Å². The van der Waals surface area contributed by atoms with Crippen LogP contribution >= 0.6 is 11.3 Å². The van der Waals surface area contributed by atoms with Crippen LogP contribution in [0.15, 0.2) is 12.1 Å². The van der Waals surface area contributed by atoms with E-state index in [0.717, 1.165) is 5.82 Å². The fourth-order valence-corrected chi connectivity index (χ4v) is 3.19. The van der Waals surface area contributed by atoms with Gasteiger partial charge in [-0.25, -0.2) is 9.97 Å². The number of nitrogen functional groups attached to an aromatic ring is 1. The average Bonchev–Trinajstić information content (AvgIpc) is 2.68. The summed E-state index contributed by atoms with van der Waals surface area (Å²) in [6.07, 6.45) is 0. The number of ether oxygens (including phenoxy) is 1. The number of aromatic nitrogens is 2. The van der Waals surface area contributed by atoms with E-state index < -0.39 is 0 Å². The molecule has 0 spiro atoms. The lowest BCUT2D eigenvalue weighted by Gasteiger charge is -2.15. The summed E-state index contributed by atoms with van der Waals surface area (Å²) >= 11 is 1.81.